The molecule has 19 heavy (non-hydrogen) atoms. The first-order valence-electron chi connectivity index (χ1n) is 5.88. The smallest absolute Gasteiger partial charge is 0.320 e. The van der Waals surface area contributed by atoms with Crippen LogP contribution in [0.2, 0.25) is 0 Å². The Bertz CT molecular complexity index is 491. The first-order chi connectivity index (χ1) is 8.86. The Kier molecular flexibility index (Phi) is 5.00. The Hall–Kier alpha value is -1.95. The minimum Gasteiger partial charge on any atom is -0.480 e. The predicted molar refractivity (Wildman–Crippen MR) is 68.1 cm³/mol. The number of rotatable bonds is 6. The second kappa shape index (κ2) is 6.29. The summed E-state index contributed by atoms with van der Waals surface area (Å²) in [4.78, 5) is 23.6. The van der Waals surface area contributed by atoms with Crippen LogP contribution < -0.4 is 5.73 Å². The molecule has 1 unspecified atom stereocenters. The molecular weight excluding hydrogens is 251 g/mol. The second-order valence-electron chi connectivity index (χ2n) is 4.35. The molecule has 1 aromatic rings. The molecule has 0 radical (unpaired) electrons. The SMILES string of the molecule is CCC(C(=O)O)N(C)Cc1cc(C(N)=O)ccc1F. The summed E-state index contributed by atoms with van der Waals surface area (Å²) in [6.45, 7) is 1.84. The van der Waals surface area contributed by atoms with E-state index in [1.54, 1.807) is 14.0 Å². The number of carboxylic acid groups (broad SMARTS) is 1. The van der Waals surface area contributed by atoms with Crippen molar-refractivity contribution >= 4 is 11.9 Å². The van der Waals surface area contributed by atoms with E-state index >= 15 is 0 Å². The molecule has 0 fully saturated rings. The first kappa shape index (κ1) is 15.1. The third kappa shape index (κ3) is 3.75. The molecule has 1 aromatic carbocycles. The number of likely N-dealkylation sites (N-methyl/N-ethyl adjacent to an activating group) is 1. The molecule has 1 rings (SSSR count). The van der Waals surface area contributed by atoms with Gasteiger partial charge in [-0.05, 0) is 31.7 Å². The Labute approximate surface area is 110 Å². The molecule has 104 valence electrons. The van der Waals surface area contributed by atoms with Crippen LogP contribution in [0.1, 0.15) is 29.3 Å². The Morgan fingerprint density at radius 3 is 2.58 bits per heavy atom. The maximum atomic E-state index is 13.6. The van der Waals surface area contributed by atoms with Crippen molar-refractivity contribution in [3.05, 3.63) is 35.1 Å². The van der Waals surface area contributed by atoms with Gasteiger partial charge in [-0.25, -0.2) is 4.39 Å². The number of benzene rings is 1. The highest BCUT2D eigenvalue weighted by atomic mass is 19.1. The van der Waals surface area contributed by atoms with Crippen LogP contribution >= 0.6 is 0 Å². The topological polar surface area (TPSA) is 83.6 Å². The van der Waals surface area contributed by atoms with Crippen LogP contribution in [0.15, 0.2) is 18.2 Å². The van der Waals surface area contributed by atoms with Crippen LogP contribution in [-0.2, 0) is 11.3 Å². The van der Waals surface area contributed by atoms with Crippen LogP contribution in [0, 0.1) is 5.82 Å². The number of carboxylic acids is 1. The Morgan fingerprint density at radius 2 is 2.11 bits per heavy atom. The highest BCUT2D eigenvalue weighted by Gasteiger charge is 2.21. The monoisotopic (exact) mass is 268 g/mol. The largest absolute Gasteiger partial charge is 0.480 e. The maximum Gasteiger partial charge on any atom is 0.320 e. The second-order valence-corrected chi connectivity index (χ2v) is 4.35. The van der Waals surface area contributed by atoms with Gasteiger partial charge in [-0.1, -0.05) is 6.92 Å². The molecule has 0 aliphatic heterocycles. The zero-order valence-electron chi connectivity index (χ0n) is 10.9. The number of nitrogens with zero attached hydrogens (tertiary/aromatic N) is 1. The van der Waals surface area contributed by atoms with Crippen molar-refractivity contribution in [2.75, 3.05) is 7.05 Å². The molecule has 0 heterocycles. The molecule has 0 bridgehead atoms. The third-order valence-corrected chi connectivity index (χ3v) is 2.95. The summed E-state index contributed by atoms with van der Waals surface area (Å²) >= 11 is 0. The molecule has 0 aromatic heterocycles. The number of halogens is 1. The van der Waals surface area contributed by atoms with E-state index in [2.05, 4.69) is 0 Å². The van der Waals surface area contributed by atoms with E-state index < -0.39 is 23.7 Å². The molecule has 0 aliphatic rings. The van der Waals surface area contributed by atoms with E-state index in [1.807, 2.05) is 0 Å². The van der Waals surface area contributed by atoms with E-state index in [0.717, 1.165) is 6.07 Å². The van der Waals surface area contributed by atoms with Gasteiger partial charge in [0, 0.05) is 17.7 Å². The summed E-state index contributed by atoms with van der Waals surface area (Å²) < 4.78 is 13.6. The number of hydrogen-bond donors (Lipinski definition) is 2. The van der Waals surface area contributed by atoms with E-state index in [1.165, 1.54) is 17.0 Å². The summed E-state index contributed by atoms with van der Waals surface area (Å²) in [5.74, 6) is -2.09. The highest BCUT2D eigenvalue weighted by Crippen LogP contribution is 2.15. The lowest BCUT2D eigenvalue weighted by atomic mass is 10.1. The van der Waals surface area contributed by atoms with Crippen molar-refractivity contribution < 1.29 is 19.1 Å². The maximum absolute atomic E-state index is 13.6. The van der Waals surface area contributed by atoms with Crippen LogP contribution in [0.5, 0.6) is 0 Å². The minimum absolute atomic E-state index is 0.0950. The van der Waals surface area contributed by atoms with E-state index in [-0.39, 0.29) is 17.7 Å². The van der Waals surface area contributed by atoms with Gasteiger partial charge in [0.15, 0.2) is 0 Å². The number of nitrogens with two attached hydrogens (primary N) is 1. The summed E-state index contributed by atoms with van der Waals surface area (Å²) in [7, 11) is 1.60. The third-order valence-electron chi connectivity index (χ3n) is 2.95. The summed E-state index contributed by atoms with van der Waals surface area (Å²) in [6, 6.07) is 3.11. The van der Waals surface area contributed by atoms with Crippen LogP contribution in [0.4, 0.5) is 4.39 Å². The number of carbonyl (C=O) groups excluding carboxylic acids is 1. The zero-order chi connectivity index (χ0) is 14.6. The van der Waals surface area contributed by atoms with Crippen molar-refractivity contribution in [2.45, 2.75) is 25.9 Å². The molecule has 6 heteroatoms. The van der Waals surface area contributed by atoms with Gasteiger partial charge in [-0.15, -0.1) is 0 Å². The fraction of sp³-hybridized carbons (Fsp3) is 0.385. The van der Waals surface area contributed by atoms with Crippen LogP contribution in [-0.4, -0.2) is 35.0 Å². The quantitative estimate of drug-likeness (QED) is 0.812. The molecule has 0 spiro atoms. The Morgan fingerprint density at radius 1 is 1.47 bits per heavy atom. The van der Waals surface area contributed by atoms with Gasteiger partial charge in [0.25, 0.3) is 0 Å². The molecule has 1 atom stereocenters. The average molecular weight is 268 g/mol. The van der Waals surface area contributed by atoms with Gasteiger partial charge in [0.05, 0.1) is 0 Å². The molecule has 1 amide bonds. The molecule has 5 nitrogen and oxygen atoms in total. The van der Waals surface area contributed by atoms with Crippen molar-refractivity contribution in [1.82, 2.24) is 4.90 Å². The predicted octanol–water partition coefficient (Wildman–Crippen LogP) is 1.22. The number of amides is 1. The lowest BCUT2D eigenvalue weighted by molar-refractivity contribution is -0.143. The summed E-state index contributed by atoms with van der Waals surface area (Å²) in [6.07, 6.45) is 0.406. The van der Waals surface area contributed by atoms with Crippen molar-refractivity contribution in [1.29, 1.82) is 0 Å². The molecule has 0 saturated heterocycles. The highest BCUT2D eigenvalue weighted by molar-refractivity contribution is 5.92. The molecule has 0 aliphatic carbocycles. The van der Waals surface area contributed by atoms with Gasteiger partial charge in [-0.2, -0.15) is 0 Å². The fourth-order valence-corrected chi connectivity index (χ4v) is 1.90. The number of aliphatic carboxylic acids is 1. The Balaban J connectivity index is 2.95. The van der Waals surface area contributed by atoms with Gasteiger partial charge in [0.2, 0.25) is 5.91 Å². The molecular formula is C13H17FN2O3. The lowest BCUT2D eigenvalue weighted by Crippen LogP contribution is -2.37. The van der Waals surface area contributed by atoms with Gasteiger partial charge < -0.3 is 10.8 Å². The van der Waals surface area contributed by atoms with Crippen molar-refractivity contribution in [3.63, 3.8) is 0 Å². The van der Waals surface area contributed by atoms with E-state index in [0.29, 0.717) is 6.42 Å². The van der Waals surface area contributed by atoms with E-state index in [4.69, 9.17) is 10.8 Å². The van der Waals surface area contributed by atoms with Crippen molar-refractivity contribution in [2.24, 2.45) is 5.73 Å². The molecule has 3 N–H and O–H groups in total. The summed E-state index contributed by atoms with van der Waals surface area (Å²) in [5, 5.41) is 9.02. The molecule has 0 saturated carbocycles. The van der Waals surface area contributed by atoms with E-state index in [9.17, 15) is 14.0 Å². The fourth-order valence-electron chi connectivity index (χ4n) is 1.90. The van der Waals surface area contributed by atoms with Crippen molar-refractivity contribution in [3.8, 4) is 0 Å². The first-order valence-corrected chi connectivity index (χ1v) is 5.88. The minimum atomic E-state index is -0.962. The zero-order valence-corrected chi connectivity index (χ0v) is 10.9. The van der Waals surface area contributed by atoms with Gasteiger partial charge >= 0.3 is 5.97 Å². The normalized spacial score (nSPS) is 12.4. The standard InChI is InChI=1S/C13H17FN2O3/c1-3-11(13(18)19)16(2)7-9-6-8(12(15)17)4-5-10(9)14/h4-6,11H,3,7H2,1-2H3,(H2,15,17)(H,18,19). The number of primary amides is 1. The van der Waals surface area contributed by atoms with Gasteiger partial charge in [0.1, 0.15) is 11.9 Å². The average Bonchev–Trinajstić information content (AvgIpc) is 2.31. The van der Waals surface area contributed by atoms with Crippen LogP contribution in [0.25, 0.3) is 0 Å². The number of carbonyl (C=O) groups is 2. The summed E-state index contributed by atoms with van der Waals surface area (Å²) in [5.41, 5.74) is 5.58. The number of hydrogen-bond acceptors (Lipinski definition) is 3. The lowest BCUT2D eigenvalue weighted by Gasteiger charge is -2.23. The van der Waals surface area contributed by atoms with Crippen LogP contribution in [0.3, 0.4) is 0 Å². The van der Waals surface area contributed by atoms with Gasteiger partial charge in [-0.3, -0.25) is 14.5 Å².